The molecule has 3 rings (SSSR count). The normalized spacial score (nSPS) is 12.4. The fourth-order valence-electron chi connectivity index (χ4n) is 3.44. The van der Waals surface area contributed by atoms with E-state index in [4.69, 9.17) is 4.74 Å². The molecule has 3 aromatic rings. The van der Waals surface area contributed by atoms with Crippen molar-refractivity contribution in [3.63, 3.8) is 0 Å². The molecule has 0 aliphatic rings. The maximum absolute atomic E-state index is 12.1. The van der Waals surface area contributed by atoms with Crippen molar-refractivity contribution < 1.29 is 9.84 Å². The minimum Gasteiger partial charge on any atom is -0.491 e. The maximum atomic E-state index is 12.1. The Bertz CT molecular complexity index is 989. The van der Waals surface area contributed by atoms with E-state index in [0.29, 0.717) is 0 Å². The zero-order valence-corrected chi connectivity index (χ0v) is 17.5. The van der Waals surface area contributed by atoms with Crippen molar-refractivity contribution in [2.24, 2.45) is 14.1 Å². The number of nitrogens with one attached hydrogen (secondary N) is 1. The van der Waals surface area contributed by atoms with Crippen LogP contribution in [0.2, 0.25) is 0 Å². The first-order chi connectivity index (χ1) is 14.0. The fourth-order valence-corrected chi connectivity index (χ4v) is 3.44. The summed E-state index contributed by atoms with van der Waals surface area (Å²) in [7, 11) is 3.48. The Morgan fingerprint density at radius 1 is 1.03 bits per heavy atom. The second-order valence-electron chi connectivity index (χ2n) is 7.50. The van der Waals surface area contributed by atoms with Crippen molar-refractivity contribution >= 4 is 11.0 Å². The van der Waals surface area contributed by atoms with Gasteiger partial charge < -0.3 is 15.2 Å². The molecule has 0 unspecified atom stereocenters. The molecule has 0 radical (unpaired) electrons. The second kappa shape index (κ2) is 9.76. The van der Waals surface area contributed by atoms with Gasteiger partial charge in [-0.2, -0.15) is 0 Å². The van der Waals surface area contributed by atoms with Gasteiger partial charge in [0.05, 0.1) is 11.0 Å². The first kappa shape index (κ1) is 21.1. The number of benzene rings is 2. The number of rotatable bonds is 10. The van der Waals surface area contributed by atoms with E-state index in [-0.39, 0.29) is 12.3 Å². The predicted molar refractivity (Wildman–Crippen MR) is 116 cm³/mol. The van der Waals surface area contributed by atoms with Crippen LogP contribution in [0.3, 0.4) is 0 Å². The summed E-state index contributed by atoms with van der Waals surface area (Å²) in [6.07, 6.45) is 2.93. The summed E-state index contributed by atoms with van der Waals surface area (Å²) < 4.78 is 8.95. The Morgan fingerprint density at radius 2 is 1.76 bits per heavy atom. The Labute approximate surface area is 171 Å². The molecule has 0 saturated heterocycles. The number of aryl methyl sites for hydroxylation is 2. The van der Waals surface area contributed by atoms with Crippen molar-refractivity contribution in [2.45, 2.75) is 38.8 Å². The van der Waals surface area contributed by atoms with Gasteiger partial charge >= 0.3 is 5.69 Å². The van der Waals surface area contributed by atoms with Gasteiger partial charge in [-0.3, -0.25) is 9.13 Å². The van der Waals surface area contributed by atoms with Gasteiger partial charge in [-0.05, 0) is 48.4 Å². The molecule has 0 amide bonds. The molecular weight excluding hydrogens is 366 g/mol. The van der Waals surface area contributed by atoms with Gasteiger partial charge in [0.1, 0.15) is 18.5 Å². The third kappa shape index (κ3) is 5.08. The van der Waals surface area contributed by atoms with Crippen molar-refractivity contribution in [1.82, 2.24) is 14.5 Å². The number of imidazole rings is 1. The predicted octanol–water partition coefficient (Wildman–Crippen LogP) is 3.27. The topological polar surface area (TPSA) is 68.4 Å². The van der Waals surface area contributed by atoms with Gasteiger partial charge in [-0.15, -0.1) is 0 Å². The number of aliphatic hydroxyl groups excluding tert-OH is 1. The Hall–Kier alpha value is -2.57. The highest BCUT2D eigenvalue weighted by atomic mass is 16.5. The number of fused-ring (bicyclic) bond motifs is 1. The van der Waals surface area contributed by atoms with E-state index in [1.54, 1.807) is 23.2 Å². The Morgan fingerprint density at radius 3 is 2.48 bits per heavy atom. The zero-order valence-electron chi connectivity index (χ0n) is 17.5. The monoisotopic (exact) mass is 397 g/mol. The van der Waals surface area contributed by atoms with Crippen LogP contribution in [0.4, 0.5) is 0 Å². The SMILES string of the molecule is CCCCCNCc1ccc(OC[C@@H](O)c2ccc3c(c2)n(C)c(=O)n3C)cc1. The number of hydrogen-bond acceptors (Lipinski definition) is 4. The Kier molecular flexibility index (Phi) is 7.12. The Balaban J connectivity index is 1.55. The van der Waals surface area contributed by atoms with Crippen molar-refractivity contribution in [3.05, 3.63) is 64.1 Å². The number of aliphatic hydroxyl groups is 1. The van der Waals surface area contributed by atoms with E-state index in [0.717, 1.165) is 35.4 Å². The van der Waals surface area contributed by atoms with Gasteiger partial charge in [0, 0.05) is 20.6 Å². The van der Waals surface area contributed by atoms with E-state index in [1.165, 1.54) is 24.8 Å². The molecule has 29 heavy (non-hydrogen) atoms. The lowest BCUT2D eigenvalue weighted by molar-refractivity contribution is 0.108. The van der Waals surface area contributed by atoms with E-state index in [1.807, 2.05) is 42.5 Å². The number of hydrogen-bond donors (Lipinski definition) is 2. The largest absolute Gasteiger partial charge is 0.491 e. The number of ether oxygens (including phenoxy) is 1. The minimum absolute atomic E-state index is 0.0807. The second-order valence-corrected chi connectivity index (χ2v) is 7.50. The van der Waals surface area contributed by atoms with Crippen molar-refractivity contribution in [2.75, 3.05) is 13.2 Å². The third-order valence-corrected chi connectivity index (χ3v) is 5.30. The van der Waals surface area contributed by atoms with Crippen LogP contribution in [0.1, 0.15) is 43.4 Å². The lowest BCUT2D eigenvalue weighted by atomic mass is 10.1. The summed E-state index contributed by atoms with van der Waals surface area (Å²) in [5, 5.41) is 14.0. The van der Waals surface area contributed by atoms with E-state index in [9.17, 15) is 9.90 Å². The van der Waals surface area contributed by atoms with Crippen LogP contribution in [0.15, 0.2) is 47.3 Å². The van der Waals surface area contributed by atoms with Crippen LogP contribution in [-0.2, 0) is 20.6 Å². The maximum Gasteiger partial charge on any atom is 0.328 e. The lowest BCUT2D eigenvalue weighted by Gasteiger charge is -2.13. The van der Waals surface area contributed by atoms with Gasteiger partial charge in [0.2, 0.25) is 0 Å². The number of unbranched alkanes of at least 4 members (excludes halogenated alkanes) is 2. The fraction of sp³-hybridized carbons (Fsp3) is 0.435. The first-order valence-corrected chi connectivity index (χ1v) is 10.3. The average Bonchev–Trinajstić information content (AvgIpc) is 2.96. The van der Waals surface area contributed by atoms with Gasteiger partial charge in [0.15, 0.2) is 0 Å². The van der Waals surface area contributed by atoms with Crippen LogP contribution in [0.5, 0.6) is 5.75 Å². The molecule has 2 aromatic carbocycles. The van der Waals surface area contributed by atoms with Crippen LogP contribution in [0, 0.1) is 0 Å². The van der Waals surface area contributed by atoms with E-state index >= 15 is 0 Å². The summed E-state index contributed by atoms with van der Waals surface area (Å²) in [4.78, 5) is 12.1. The quantitative estimate of drug-likeness (QED) is 0.515. The molecule has 0 aliphatic heterocycles. The molecule has 6 heteroatoms. The molecule has 1 atom stereocenters. The summed E-state index contributed by atoms with van der Waals surface area (Å²) in [5.74, 6) is 0.729. The first-order valence-electron chi connectivity index (χ1n) is 10.3. The molecule has 156 valence electrons. The molecule has 2 N–H and O–H groups in total. The lowest BCUT2D eigenvalue weighted by Crippen LogP contribution is -2.19. The van der Waals surface area contributed by atoms with E-state index in [2.05, 4.69) is 12.2 Å². The number of aromatic nitrogens is 2. The highest BCUT2D eigenvalue weighted by Gasteiger charge is 2.13. The molecule has 6 nitrogen and oxygen atoms in total. The summed E-state index contributed by atoms with van der Waals surface area (Å²) in [5.41, 5.74) is 3.50. The van der Waals surface area contributed by atoms with E-state index < -0.39 is 6.10 Å². The summed E-state index contributed by atoms with van der Waals surface area (Å²) in [6.45, 7) is 4.25. The van der Waals surface area contributed by atoms with Crippen LogP contribution >= 0.6 is 0 Å². The molecule has 0 spiro atoms. The van der Waals surface area contributed by atoms with Gasteiger partial charge in [-0.1, -0.05) is 38.0 Å². The molecule has 1 heterocycles. The van der Waals surface area contributed by atoms with Gasteiger partial charge in [-0.25, -0.2) is 4.79 Å². The van der Waals surface area contributed by atoms with Crippen molar-refractivity contribution in [1.29, 1.82) is 0 Å². The number of nitrogens with zero attached hydrogens (tertiary/aromatic N) is 2. The van der Waals surface area contributed by atoms with Crippen molar-refractivity contribution in [3.8, 4) is 5.75 Å². The van der Waals surface area contributed by atoms with Crippen LogP contribution in [0.25, 0.3) is 11.0 Å². The third-order valence-electron chi connectivity index (χ3n) is 5.30. The summed E-state index contributed by atoms with van der Waals surface area (Å²) >= 11 is 0. The summed E-state index contributed by atoms with van der Waals surface area (Å²) in [6, 6.07) is 13.5. The van der Waals surface area contributed by atoms with Crippen LogP contribution in [-0.4, -0.2) is 27.4 Å². The molecule has 0 aliphatic carbocycles. The highest BCUT2D eigenvalue weighted by Crippen LogP contribution is 2.21. The average molecular weight is 398 g/mol. The molecule has 0 saturated carbocycles. The van der Waals surface area contributed by atoms with Crippen LogP contribution < -0.4 is 15.7 Å². The minimum atomic E-state index is -0.769. The molecular formula is C23H31N3O3. The molecule has 1 aromatic heterocycles. The molecule has 0 fully saturated rings. The van der Waals surface area contributed by atoms with Gasteiger partial charge in [0.25, 0.3) is 0 Å². The smallest absolute Gasteiger partial charge is 0.328 e. The molecule has 0 bridgehead atoms. The highest BCUT2D eigenvalue weighted by molar-refractivity contribution is 5.76. The zero-order chi connectivity index (χ0) is 20.8. The standard InChI is InChI=1S/C23H31N3O3/c1-4-5-6-13-24-15-17-7-10-19(11-8-17)29-16-22(27)18-9-12-20-21(14-18)26(3)23(28)25(20)2/h7-12,14,22,24,27H,4-6,13,15-16H2,1-3H3/t22-/m1/s1.